The van der Waals surface area contributed by atoms with Gasteiger partial charge in [-0.15, -0.1) is 0 Å². The standard InChI is InChI=1S/C13H22O2/c1-6-7-8(2)13(14)12-9(3)10(4)15-11(12)5/h8,13-14H,6-7H2,1-5H3. The molecule has 2 heteroatoms. The third kappa shape index (κ3) is 2.43. The largest absolute Gasteiger partial charge is 0.466 e. The summed E-state index contributed by atoms with van der Waals surface area (Å²) in [5, 5.41) is 10.2. The van der Waals surface area contributed by atoms with Gasteiger partial charge in [0.15, 0.2) is 0 Å². The Hall–Kier alpha value is -0.760. The van der Waals surface area contributed by atoms with Crippen molar-refractivity contribution >= 4 is 0 Å². The topological polar surface area (TPSA) is 33.4 Å². The molecule has 0 aliphatic carbocycles. The van der Waals surface area contributed by atoms with E-state index >= 15 is 0 Å². The Morgan fingerprint density at radius 1 is 1.20 bits per heavy atom. The van der Waals surface area contributed by atoms with Crippen molar-refractivity contribution in [2.24, 2.45) is 5.92 Å². The summed E-state index contributed by atoms with van der Waals surface area (Å²) in [6, 6.07) is 0. The van der Waals surface area contributed by atoms with Crippen LogP contribution in [-0.4, -0.2) is 5.11 Å². The van der Waals surface area contributed by atoms with Crippen LogP contribution in [0.2, 0.25) is 0 Å². The highest BCUT2D eigenvalue weighted by Gasteiger charge is 2.23. The smallest absolute Gasteiger partial charge is 0.107 e. The SMILES string of the molecule is CCCC(C)C(O)c1c(C)oc(C)c1C. The van der Waals surface area contributed by atoms with E-state index in [9.17, 15) is 5.11 Å². The number of aryl methyl sites for hydroxylation is 2. The molecule has 15 heavy (non-hydrogen) atoms. The lowest BCUT2D eigenvalue weighted by atomic mass is 9.91. The molecule has 1 rings (SSSR count). The average Bonchev–Trinajstić information content (AvgIpc) is 2.41. The van der Waals surface area contributed by atoms with Crippen molar-refractivity contribution < 1.29 is 9.52 Å². The molecule has 0 saturated heterocycles. The summed E-state index contributed by atoms with van der Waals surface area (Å²) in [6.07, 6.45) is 1.76. The summed E-state index contributed by atoms with van der Waals surface area (Å²) >= 11 is 0. The second-order valence-corrected chi connectivity index (χ2v) is 4.46. The maximum Gasteiger partial charge on any atom is 0.107 e. The van der Waals surface area contributed by atoms with Gasteiger partial charge in [0.1, 0.15) is 11.5 Å². The average molecular weight is 210 g/mol. The Morgan fingerprint density at radius 2 is 1.80 bits per heavy atom. The number of furan rings is 1. The van der Waals surface area contributed by atoms with Gasteiger partial charge in [0, 0.05) is 5.56 Å². The number of rotatable bonds is 4. The molecule has 1 aromatic heterocycles. The zero-order valence-corrected chi connectivity index (χ0v) is 10.4. The maximum atomic E-state index is 10.2. The number of aliphatic hydroxyl groups excluding tert-OH is 1. The number of hydrogen-bond acceptors (Lipinski definition) is 2. The molecule has 86 valence electrons. The Morgan fingerprint density at radius 3 is 2.20 bits per heavy atom. The van der Waals surface area contributed by atoms with Crippen molar-refractivity contribution in [2.45, 2.75) is 53.6 Å². The monoisotopic (exact) mass is 210 g/mol. The number of hydrogen-bond donors (Lipinski definition) is 1. The molecule has 2 unspecified atom stereocenters. The van der Waals surface area contributed by atoms with E-state index in [2.05, 4.69) is 13.8 Å². The van der Waals surface area contributed by atoms with Gasteiger partial charge in [-0.3, -0.25) is 0 Å². The van der Waals surface area contributed by atoms with Gasteiger partial charge in [0.2, 0.25) is 0 Å². The number of aliphatic hydroxyl groups is 1. The van der Waals surface area contributed by atoms with Crippen LogP contribution in [0.4, 0.5) is 0 Å². The summed E-state index contributed by atoms with van der Waals surface area (Å²) in [7, 11) is 0. The van der Waals surface area contributed by atoms with Gasteiger partial charge in [-0.05, 0) is 38.7 Å². The molecule has 0 aliphatic heterocycles. The summed E-state index contributed by atoms with van der Waals surface area (Å²) in [5.74, 6) is 2.08. The third-order valence-electron chi connectivity index (χ3n) is 3.20. The van der Waals surface area contributed by atoms with Gasteiger partial charge in [-0.25, -0.2) is 0 Å². The minimum atomic E-state index is -0.387. The lowest BCUT2D eigenvalue weighted by Crippen LogP contribution is -2.10. The zero-order valence-electron chi connectivity index (χ0n) is 10.4. The Labute approximate surface area is 92.3 Å². The van der Waals surface area contributed by atoms with Crippen molar-refractivity contribution in [1.29, 1.82) is 0 Å². The zero-order chi connectivity index (χ0) is 11.6. The van der Waals surface area contributed by atoms with Gasteiger partial charge < -0.3 is 9.52 Å². The Kier molecular flexibility index (Phi) is 3.97. The van der Waals surface area contributed by atoms with Crippen LogP contribution in [0.5, 0.6) is 0 Å². The molecule has 1 aromatic rings. The van der Waals surface area contributed by atoms with Crippen LogP contribution < -0.4 is 0 Å². The molecule has 0 spiro atoms. The lowest BCUT2D eigenvalue weighted by molar-refractivity contribution is 0.110. The van der Waals surface area contributed by atoms with E-state index in [-0.39, 0.29) is 6.10 Å². The van der Waals surface area contributed by atoms with E-state index in [1.54, 1.807) is 0 Å². The quantitative estimate of drug-likeness (QED) is 0.822. The first kappa shape index (κ1) is 12.3. The van der Waals surface area contributed by atoms with Crippen LogP contribution in [0.3, 0.4) is 0 Å². The van der Waals surface area contributed by atoms with Crippen LogP contribution in [0.1, 0.15) is 55.4 Å². The van der Waals surface area contributed by atoms with E-state index in [0.717, 1.165) is 35.5 Å². The fourth-order valence-corrected chi connectivity index (χ4v) is 2.14. The van der Waals surface area contributed by atoms with Crippen LogP contribution in [0, 0.1) is 26.7 Å². The van der Waals surface area contributed by atoms with Crippen LogP contribution >= 0.6 is 0 Å². The molecular formula is C13H22O2. The Bertz CT molecular complexity index is 326. The first-order chi connectivity index (χ1) is 6.99. The van der Waals surface area contributed by atoms with Crippen molar-refractivity contribution in [3.8, 4) is 0 Å². The molecule has 0 aromatic carbocycles. The van der Waals surface area contributed by atoms with Crippen LogP contribution in [0.15, 0.2) is 4.42 Å². The van der Waals surface area contributed by atoms with Crippen molar-refractivity contribution in [2.75, 3.05) is 0 Å². The molecule has 0 aliphatic rings. The minimum absolute atomic E-state index is 0.296. The van der Waals surface area contributed by atoms with Crippen LogP contribution in [0.25, 0.3) is 0 Å². The molecule has 1 N–H and O–H groups in total. The fourth-order valence-electron chi connectivity index (χ4n) is 2.14. The summed E-state index contributed by atoms with van der Waals surface area (Å²) in [4.78, 5) is 0. The molecule has 0 radical (unpaired) electrons. The molecule has 0 amide bonds. The molecule has 2 atom stereocenters. The van der Waals surface area contributed by atoms with Crippen molar-refractivity contribution in [3.63, 3.8) is 0 Å². The lowest BCUT2D eigenvalue weighted by Gasteiger charge is -2.18. The minimum Gasteiger partial charge on any atom is -0.466 e. The first-order valence-electron chi connectivity index (χ1n) is 5.73. The first-order valence-corrected chi connectivity index (χ1v) is 5.73. The summed E-state index contributed by atoms with van der Waals surface area (Å²) < 4.78 is 5.53. The Balaban J connectivity index is 2.94. The normalized spacial score (nSPS) is 15.3. The van der Waals surface area contributed by atoms with Crippen LogP contribution in [-0.2, 0) is 0 Å². The second-order valence-electron chi connectivity index (χ2n) is 4.46. The maximum absolute atomic E-state index is 10.2. The molecular weight excluding hydrogens is 188 g/mol. The van der Waals surface area contributed by atoms with E-state index in [0.29, 0.717) is 5.92 Å². The molecule has 0 fully saturated rings. The molecule has 2 nitrogen and oxygen atoms in total. The highest BCUT2D eigenvalue weighted by molar-refractivity contribution is 5.33. The third-order valence-corrected chi connectivity index (χ3v) is 3.20. The molecule has 0 bridgehead atoms. The van der Waals surface area contributed by atoms with E-state index in [4.69, 9.17) is 4.42 Å². The summed E-state index contributed by atoms with van der Waals surface area (Å²) in [5.41, 5.74) is 2.09. The molecule has 1 heterocycles. The highest BCUT2D eigenvalue weighted by atomic mass is 16.3. The van der Waals surface area contributed by atoms with Gasteiger partial charge in [0.05, 0.1) is 6.10 Å². The predicted molar refractivity (Wildman–Crippen MR) is 62.0 cm³/mol. The second kappa shape index (κ2) is 4.84. The predicted octanol–water partition coefficient (Wildman–Crippen LogP) is 3.67. The van der Waals surface area contributed by atoms with E-state index in [1.807, 2.05) is 20.8 Å². The molecule has 0 saturated carbocycles. The van der Waals surface area contributed by atoms with Gasteiger partial charge in [-0.2, -0.15) is 0 Å². The van der Waals surface area contributed by atoms with Gasteiger partial charge in [0.25, 0.3) is 0 Å². The van der Waals surface area contributed by atoms with Gasteiger partial charge in [-0.1, -0.05) is 20.3 Å². The van der Waals surface area contributed by atoms with E-state index in [1.165, 1.54) is 0 Å². The fraction of sp³-hybridized carbons (Fsp3) is 0.692. The van der Waals surface area contributed by atoms with Gasteiger partial charge >= 0.3 is 0 Å². The van der Waals surface area contributed by atoms with Crippen molar-refractivity contribution in [3.05, 3.63) is 22.6 Å². The van der Waals surface area contributed by atoms with Crippen molar-refractivity contribution in [1.82, 2.24) is 0 Å². The highest BCUT2D eigenvalue weighted by Crippen LogP contribution is 2.32. The van der Waals surface area contributed by atoms with E-state index < -0.39 is 0 Å². The summed E-state index contributed by atoms with van der Waals surface area (Å²) in [6.45, 7) is 10.1.